The van der Waals surface area contributed by atoms with Crippen LogP contribution in [0.3, 0.4) is 0 Å². The van der Waals surface area contributed by atoms with E-state index < -0.39 is 23.3 Å². The Balaban J connectivity index is 2.05. The van der Waals surface area contributed by atoms with Gasteiger partial charge < -0.3 is 10.4 Å². The van der Waals surface area contributed by atoms with Crippen molar-refractivity contribution in [3.05, 3.63) is 78.8 Å². The second-order valence-electron chi connectivity index (χ2n) is 8.43. The van der Waals surface area contributed by atoms with E-state index in [1.807, 2.05) is 6.07 Å². The molecule has 0 aliphatic heterocycles. The van der Waals surface area contributed by atoms with Crippen molar-refractivity contribution in [1.82, 2.24) is 19.1 Å². The molecule has 3 aromatic rings. The molecule has 2 N–H and O–H groups in total. The standard InChI is InChI=1S/C23H25Cl2N5O4/c1-13(2)8-15-4-6-17(9-19(15)25)27-21-28-22(33)30(11-14(3)20(31)32)23(34)29(21)12-18-7-5-16(24)10-26-18/h4-7,9-10,13-14H,8,11-12H2,1-3H3,(H,31,32)(H,27,28,33)/t14-/m0/s1. The number of hydrogen-bond donors (Lipinski definition) is 2. The molecule has 2 heterocycles. The molecule has 11 heteroatoms. The Morgan fingerprint density at radius 3 is 2.44 bits per heavy atom. The maximum Gasteiger partial charge on any atom is 0.354 e. The summed E-state index contributed by atoms with van der Waals surface area (Å²) in [7, 11) is 0. The number of carbonyl (C=O) groups is 1. The number of carboxylic acids is 1. The molecular formula is C23H25Cl2N5O4. The summed E-state index contributed by atoms with van der Waals surface area (Å²) in [6.07, 6.45) is 2.25. The second kappa shape index (κ2) is 10.8. The van der Waals surface area contributed by atoms with Crippen LogP contribution in [0.25, 0.3) is 0 Å². The van der Waals surface area contributed by atoms with Gasteiger partial charge in [-0.05, 0) is 42.2 Å². The van der Waals surface area contributed by atoms with Gasteiger partial charge in [0.15, 0.2) is 0 Å². The summed E-state index contributed by atoms with van der Waals surface area (Å²) in [4.78, 5) is 45.4. The van der Waals surface area contributed by atoms with E-state index >= 15 is 0 Å². The van der Waals surface area contributed by atoms with Crippen LogP contribution in [-0.4, -0.2) is 30.2 Å². The van der Waals surface area contributed by atoms with Gasteiger partial charge in [0.2, 0.25) is 5.95 Å². The molecule has 2 aromatic heterocycles. The maximum absolute atomic E-state index is 13.2. The van der Waals surface area contributed by atoms with Gasteiger partial charge in [-0.1, -0.05) is 50.0 Å². The number of benzene rings is 1. The van der Waals surface area contributed by atoms with E-state index in [1.54, 1.807) is 24.3 Å². The van der Waals surface area contributed by atoms with Gasteiger partial charge in [-0.15, -0.1) is 0 Å². The van der Waals surface area contributed by atoms with E-state index in [4.69, 9.17) is 23.2 Å². The van der Waals surface area contributed by atoms with Crippen LogP contribution in [0.4, 0.5) is 11.6 Å². The third-order valence-corrected chi connectivity index (χ3v) is 5.65. The zero-order valence-electron chi connectivity index (χ0n) is 19.0. The molecule has 34 heavy (non-hydrogen) atoms. The zero-order chi connectivity index (χ0) is 25.0. The minimum atomic E-state index is -1.13. The molecule has 0 spiro atoms. The smallest absolute Gasteiger partial charge is 0.354 e. The molecule has 0 saturated carbocycles. The molecule has 180 valence electrons. The molecule has 3 rings (SSSR count). The molecule has 1 atom stereocenters. The lowest BCUT2D eigenvalue weighted by molar-refractivity contribution is -0.141. The Kier molecular flexibility index (Phi) is 8.11. The highest BCUT2D eigenvalue weighted by Crippen LogP contribution is 2.25. The third kappa shape index (κ3) is 6.24. The van der Waals surface area contributed by atoms with Crippen molar-refractivity contribution in [3.8, 4) is 0 Å². The predicted molar refractivity (Wildman–Crippen MR) is 131 cm³/mol. The quantitative estimate of drug-likeness (QED) is 0.453. The maximum atomic E-state index is 13.2. The van der Waals surface area contributed by atoms with E-state index in [1.165, 1.54) is 17.7 Å². The average molecular weight is 506 g/mol. The number of anilines is 2. The van der Waals surface area contributed by atoms with Crippen molar-refractivity contribution in [2.45, 2.75) is 40.3 Å². The largest absolute Gasteiger partial charge is 0.481 e. The summed E-state index contributed by atoms with van der Waals surface area (Å²) in [6, 6.07) is 8.65. The first-order valence-electron chi connectivity index (χ1n) is 10.7. The summed E-state index contributed by atoms with van der Waals surface area (Å²) in [5.41, 5.74) is 0.450. The lowest BCUT2D eigenvalue weighted by Crippen LogP contribution is -2.44. The number of nitrogens with zero attached hydrogens (tertiary/aromatic N) is 4. The predicted octanol–water partition coefficient (Wildman–Crippen LogP) is 3.82. The molecule has 0 unspecified atom stereocenters. The Morgan fingerprint density at radius 2 is 1.85 bits per heavy atom. The van der Waals surface area contributed by atoms with Crippen LogP contribution in [0.5, 0.6) is 0 Å². The normalized spacial score (nSPS) is 12.1. The fourth-order valence-corrected chi connectivity index (χ4v) is 3.67. The summed E-state index contributed by atoms with van der Waals surface area (Å²) < 4.78 is 2.03. The third-order valence-electron chi connectivity index (χ3n) is 5.07. The Bertz CT molecular complexity index is 1300. The van der Waals surface area contributed by atoms with Gasteiger partial charge in [-0.2, -0.15) is 4.98 Å². The number of halogens is 2. The Morgan fingerprint density at radius 1 is 1.12 bits per heavy atom. The monoisotopic (exact) mass is 505 g/mol. The molecule has 0 aliphatic carbocycles. The molecule has 0 fully saturated rings. The highest BCUT2D eigenvalue weighted by Gasteiger charge is 2.19. The van der Waals surface area contributed by atoms with Crippen molar-refractivity contribution in [2.24, 2.45) is 11.8 Å². The van der Waals surface area contributed by atoms with E-state index in [0.29, 0.717) is 27.3 Å². The summed E-state index contributed by atoms with van der Waals surface area (Å²) in [5, 5.41) is 13.2. The minimum absolute atomic E-state index is 0.0151. The minimum Gasteiger partial charge on any atom is -0.481 e. The van der Waals surface area contributed by atoms with Gasteiger partial charge in [-0.3, -0.25) is 14.3 Å². The summed E-state index contributed by atoms with van der Waals surface area (Å²) in [5.74, 6) is -1.68. The molecule has 0 aliphatic rings. The first kappa shape index (κ1) is 25.5. The fraction of sp³-hybridized carbons (Fsp3) is 0.348. The summed E-state index contributed by atoms with van der Waals surface area (Å²) >= 11 is 12.3. The summed E-state index contributed by atoms with van der Waals surface area (Å²) in [6.45, 7) is 5.26. The number of rotatable bonds is 9. The van der Waals surface area contributed by atoms with Crippen LogP contribution in [-0.2, 0) is 24.3 Å². The van der Waals surface area contributed by atoms with Crippen molar-refractivity contribution < 1.29 is 9.90 Å². The molecule has 0 bridgehead atoms. The Labute approximate surface area is 206 Å². The number of carboxylic acid groups (broad SMARTS) is 1. The van der Waals surface area contributed by atoms with Crippen molar-refractivity contribution in [3.63, 3.8) is 0 Å². The van der Waals surface area contributed by atoms with Crippen molar-refractivity contribution >= 4 is 40.8 Å². The number of aromatic nitrogens is 4. The van der Waals surface area contributed by atoms with Crippen LogP contribution < -0.4 is 16.7 Å². The first-order valence-corrected chi connectivity index (χ1v) is 11.4. The van der Waals surface area contributed by atoms with Crippen LogP contribution in [0, 0.1) is 11.8 Å². The van der Waals surface area contributed by atoms with Crippen LogP contribution in [0.2, 0.25) is 10.0 Å². The van der Waals surface area contributed by atoms with Gasteiger partial charge in [0.05, 0.1) is 23.2 Å². The zero-order valence-corrected chi connectivity index (χ0v) is 20.5. The lowest BCUT2D eigenvalue weighted by atomic mass is 10.0. The second-order valence-corrected chi connectivity index (χ2v) is 9.28. The molecule has 9 nitrogen and oxygen atoms in total. The van der Waals surface area contributed by atoms with Gasteiger partial charge in [0, 0.05) is 23.5 Å². The van der Waals surface area contributed by atoms with E-state index in [-0.39, 0.29) is 19.0 Å². The first-order chi connectivity index (χ1) is 16.0. The van der Waals surface area contributed by atoms with Crippen LogP contribution in [0.1, 0.15) is 32.0 Å². The highest BCUT2D eigenvalue weighted by molar-refractivity contribution is 6.31. The lowest BCUT2D eigenvalue weighted by Gasteiger charge is -2.17. The number of aliphatic carboxylic acids is 1. The molecular weight excluding hydrogens is 481 g/mol. The van der Waals surface area contributed by atoms with Gasteiger partial charge >= 0.3 is 17.3 Å². The van der Waals surface area contributed by atoms with Crippen molar-refractivity contribution in [2.75, 3.05) is 5.32 Å². The van der Waals surface area contributed by atoms with E-state index in [0.717, 1.165) is 16.6 Å². The van der Waals surface area contributed by atoms with Crippen molar-refractivity contribution in [1.29, 1.82) is 0 Å². The topological polar surface area (TPSA) is 119 Å². The number of hydrogen-bond acceptors (Lipinski definition) is 6. The molecule has 0 radical (unpaired) electrons. The average Bonchev–Trinajstić information content (AvgIpc) is 2.76. The fourth-order valence-electron chi connectivity index (χ4n) is 3.30. The van der Waals surface area contributed by atoms with E-state index in [2.05, 4.69) is 29.1 Å². The number of pyridine rings is 1. The van der Waals surface area contributed by atoms with E-state index in [9.17, 15) is 19.5 Å². The van der Waals surface area contributed by atoms with Crippen LogP contribution in [0.15, 0.2) is 46.1 Å². The molecule has 0 amide bonds. The SMILES string of the molecule is CC(C)Cc1ccc(Nc2nc(=O)n(C[C@H](C)C(=O)O)c(=O)n2Cc2ccc(Cl)cn2)cc1Cl. The van der Waals surface area contributed by atoms with Gasteiger partial charge in [0.25, 0.3) is 0 Å². The van der Waals surface area contributed by atoms with Gasteiger partial charge in [-0.25, -0.2) is 14.2 Å². The Hall–Kier alpha value is -3.17. The molecule has 0 saturated heterocycles. The highest BCUT2D eigenvalue weighted by atomic mass is 35.5. The van der Waals surface area contributed by atoms with Crippen LogP contribution >= 0.6 is 23.2 Å². The molecule has 1 aromatic carbocycles. The number of nitrogens with one attached hydrogen (secondary N) is 1. The van der Waals surface area contributed by atoms with Gasteiger partial charge in [0.1, 0.15) is 0 Å².